The lowest BCUT2D eigenvalue weighted by Gasteiger charge is -2.33. The maximum Gasteiger partial charge on any atom is 0.232 e. The summed E-state index contributed by atoms with van der Waals surface area (Å²) in [6.45, 7) is 3.20. The maximum atomic E-state index is 5.22. The molecule has 1 aromatic rings. The van der Waals surface area contributed by atoms with Gasteiger partial charge in [-0.05, 0) is 48.8 Å². The first-order valence-electron chi connectivity index (χ1n) is 6.56. The van der Waals surface area contributed by atoms with Gasteiger partial charge in [-0.25, -0.2) is 4.98 Å². The van der Waals surface area contributed by atoms with E-state index in [2.05, 4.69) is 49.8 Å². The lowest BCUT2D eigenvalue weighted by molar-refractivity contribution is 0.284. The van der Waals surface area contributed by atoms with Gasteiger partial charge in [0.25, 0.3) is 0 Å². The summed E-state index contributed by atoms with van der Waals surface area (Å²) in [5.41, 5.74) is 0. The molecule has 0 unspecified atom stereocenters. The average Bonchev–Trinajstić information content (AvgIpc) is 2.40. The third kappa shape index (κ3) is 3.79. The zero-order valence-electron chi connectivity index (χ0n) is 11.8. The van der Waals surface area contributed by atoms with Crippen molar-refractivity contribution in [2.45, 2.75) is 12.8 Å². The third-order valence-electron chi connectivity index (χ3n) is 3.41. The zero-order valence-corrected chi connectivity index (χ0v) is 13.4. The van der Waals surface area contributed by atoms with Crippen LogP contribution in [0.4, 0.5) is 5.95 Å². The van der Waals surface area contributed by atoms with Crippen LogP contribution in [-0.2, 0) is 0 Å². The SMILES string of the molecule is COc1nc(N2CCC(CN(C)C)CC2)ncc1Br. The summed E-state index contributed by atoms with van der Waals surface area (Å²) in [7, 11) is 5.89. The number of aromatic nitrogens is 2. The highest BCUT2D eigenvalue weighted by Gasteiger charge is 2.22. The van der Waals surface area contributed by atoms with E-state index in [-0.39, 0.29) is 0 Å². The Morgan fingerprint density at radius 1 is 1.42 bits per heavy atom. The van der Waals surface area contributed by atoms with Crippen LogP contribution in [0.3, 0.4) is 0 Å². The molecule has 5 nitrogen and oxygen atoms in total. The van der Waals surface area contributed by atoms with Crippen molar-refractivity contribution in [1.82, 2.24) is 14.9 Å². The summed E-state index contributed by atoms with van der Waals surface area (Å²) in [6.07, 6.45) is 4.15. The number of piperidine rings is 1. The quantitative estimate of drug-likeness (QED) is 0.845. The normalized spacial score (nSPS) is 17.0. The first kappa shape index (κ1) is 14.5. The number of ether oxygens (including phenoxy) is 1. The monoisotopic (exact) mass is 328 g/mol. The third-order valence-corrected chi connectivity index (χ3v) is 3.96. The number of methoxy groups -OCH3 is 1. The van der Waals surface area contributed by atoms with Crippen LogP contribution in [0.2, 0.25) is 0 Å². The summed E-state index contributed by atoms with van der Waals surface area (Å²) in [6, 6.07) is 0. The molecular formula is C13H21BrN4O. The lowest BCUT2D eigenvalue weighted by atomic mass is 9.97. The molecule has 0 atom stereocenters. The zero-order chi connectivity index (χ0) is 13.8. The van der Waals surface area contributed by atoms with E-state index in [0.29, 0.717) is 5.88 Å². The van der Waals surface area contributed by atoms with Crippen LogP contribution >= 0.6 is 15.9 Å². The molecule has 106 valence electrons. The molecule has 0 bridgehead atoms. The maximum absolute atomic E-state index is 5.22. The van der Waals surface area contributed by atoms with Crippen molar-refractivity contribution in [1.29, 1.82) is 0 Å². The van der Waals surface area contributed by atoms with E-state index in [1.807, 2.05) is 0 Å². The van der Waals surface area contributed by atoms with Gasteiger partial charge in [0.2, 0.25) is 11.8 Å². The van der Waals surface area contributed by atoms with Gasteiger partial charge >= 0.3 is 0 Å². The van der Waals surface area contributed by atoms with Gasteiger partial charge in [0.15, 0.2) is 0 Å². The summed E-state index contributed by atoms with van der Waals surface area (Å²) in [4.78, 5) is 13.3. The molecule has 2 heterocycles. The predicted octanol–water partition coefficient (Wildman–Crippen LogP) is 2.03. The summed E-state index contributed by atoms with van der Waals surface area (Å²) in [5, 5.41) is 0. The Hall–Kier alpha value is -0.880. The minimum atomic E-state index is 0.598. The van der Waals surface area contributed by atoms with Gasteiger partial charge < -0.3 is 14.5 Å². The fraction of sp³-hybridized carbons (Fsp3) is 0.692. The van der Waals surface area contributed by atoms with Gasteiger partial charge in [-0.3, -0.25) is 0 Å². The van der Waals surface area contributed by atoms with Crippen molar-refractivity contribution in [3.05, 3.63) is 10.7 Å². The average molecular weight is 329 g/mol. The first-order chi connectivity index (χ1) is 9.10. The van der Waals surface area contributed by atoms with Crippen molar-refractivity contribution in [3.63, 3.8) is 0 Å². The topological polar surface area (TPSA) is 41.5 Å². The van der Waals surface area contributed by atoms with E-state index in [1.54, 1.807) is 13.3 Å². The van der Waals surface area contributed by atoms with Crippen molar-refractivity contribution < 1.29 is 4.74 Å². The molecule has 1 fully saturated rings. The molecule has 0 amide bonds. The minimum absolute atomic E-state index is 0.598. The number of hydrogen-bond donors (Lipinski definition) is 0. The standard InChI is InChI=1S/C13H21BrN4O/c1-17(2)9-10-4-6-18(7-5-10)13-15-8-11(14)12(16-13)19-3/h8,10H,4-7,9H2,1-3H3. The predicted molar refractivity (Wildman–Crippen MR) is 79.8 cm³/mol. The molecule has 1 aromatic heterocycles. The van der Waals surface area contributed by atoms with Crippen LogP contribution in [0.1, 0.15) is 12.8 Å². The van der Waals surface area contributed by atoms with Crippen LogP contribution in [0.15, 0.2) is 10.7 Å². The van der Waals surface area contributed by atoms with Gasteiger partial charge in [-0.15, -0.1) is 0 Å². The smallest absolute Gasteiger partial charge is 0.232 e. The van der Waals surface area contributed by atoms with Crippen molar-refractivity contribution >= 4 is 21.9 Å². The van der Waals surface area contributed by atoms with Crippen molar-refractivity contribution in [3.8, 4) is 5.88 Å². The van der Waals surface area contributed by atoms with E-state index >= 15 is 0 Å². The van der Waals surface area contributed by atoms with E-state index in [9.17, 15) is 0 Å². The number of anilines is 1. The van der Waals surface area contributed by atoms with Crippen LogP contribution in [0.5, 0.6) is 5.88 Å². The second-order valence-corrected chi connectivity index (χ2v) is 6.07. The molecule has 1 aliphatic rings. The first-order valence-corrected chi connectivity index (χ1v) is 7.35. The molecular weight excluding hydrogens is 308 g/mol. The van der Waals surface area contributed by atoms with Gasteiger partial charge in [-0.2, -0.15) is 4.98 Å². The second kappa shape index (κ2) is 6.52. The van der Waals surface area contributed by atoms with E-state index in [1.165, 1.54) is 19.4 Å². The highest BCUT2D eigenvalue weighted by atomic mass is 79.9. The van der Waals surface area contributed by atoms with E-state index in [4.69, 9.17) is 4.74 Å². The van der Waals surface area contributed by atoms with Crippen molar-refractivity contribution in [2.75, 3.05) is 45.7 Å². The number of hydrogen-bond acceptors (Lipinski definition) is 5. The second-order valence-electron chi connectivity index (χ2n) is 5.22. The van der Waals surface area contributed by atoms with Gasteiger partial charge in [0.05, 0.1) is 17.8 Å². The molecule has 2 rings (SSSR count). The van der Waals surface area contributed by atoms with Crippen LogP contribution in [0.25, 0.3) is 0 Å². The fourth-order valence-electron chi connectivity index (χ4n) is 2.47. The largest absolute Gasteiger partial charge is 0.480 e. The summed E-state index contributed by atoms with van der Waals surface area (Å²) < 4.78 is 6.01. The molecule has 0 radical (unpaired) electrons. The molecule has 1 saturated heterocycles. The van der Waals surface area contributed by atoms with Gasteiger partial charge in [0.1, 0.15) is 0 Å². The summed E-state index contributed by atoms with van der Waals surface area (Å²) in [5.74, 6) is 2.15. The Bertz CT molecular complexity index is 419. The van der Waals surface area contributed by atoms with Crippen molar-refractivity contribution in [2.24, 2.45) is 5.92 Å². The van der Waals surface area contributed by atoms with E-state index in [0.717, 1.165) is 29.4 Å². The highest BCUT2D eigenvalue weighted by molar-refractivity contribution is 9.10. The van der Waals surface area contributed by atoms with Crippen LogP contribution in [0, 0.1) is 5.92 Å². The minimum Gasteiger partial charge on any atom is -0.480 e. The number of rotatable bonds is 4. The molecule has 0 N–H and O–H groups in total. The Morgan fingerprint density at radius 2 is 2.11 bits per heavy atom. The number of halogens is 1. The van der Waals surface area contributed by atoms with E-state index < -0.39 is 0 Å². The molecule has 6 heteroatoms. The molecule has 19 heavy (non-hydrogen) atoms. The molecule has 0 saturated carbocycles. The molecule has 1 aliphatic heterocycles. The molecule has 0 aromatic carbocycles. The van der Waals surface area contributed by atoms with Gasteiger partial charge in [0, 0.05) is 19.6 Å². The Morgan fingerprint density at radius 3 is 2.68 bits per heavy atom. The Kier molecular flexibility index (Phi) is 4.99. The van der Waals surface area contributed by atoms with Crippen LogP contribution < -0.4 is 9.64 Å². The Balaban J connectivity index is 1.97. The molecule has 0 spiro atoms. The Labute approximate surface area is 123 Å². The molecule has 0 aliphatic carbocycles. The summed E-state index contributed by atoms with van der Waals surface area (Å²) >= 11 is 3.38. The highest BCUT2D eigenvalue weighted by Crippen LogP contribution is 2.26. The van der Waals surface area contributed by atoms with Crippen LogP contribution in [-0.4, -0.2) is 55.7 Å². The number of nitrogens with zero attached hydrogens (tertiary/aromatic N) is 4. The fourth-order valence-corrected chi connectivity index (χ4v) is 2.82. The van der Waals surface area contributed by atoms with Gasteiger partial charge in [-0.1, -0.05) is 0 Å². The lowest BCUT2D eigenvalue weighted by Crippen LogP contribution is -2.38.